The molecule has 0 spiro atoms. The van der Waals surface area contributed by atoms with E-state index in [4.69, 9.17) is 38.9 Å². The smallest absolute Gasteiger partial charge is 0.219 e. The van der Waals surface area contributed by atoms with Gasteiger partial charge in [-0.3, -0.25) is 9.69 Å². The van der Waals surface area contributed by atoms with Crippen molar-refractivity contribution in [2.45, 2.75) is 26.4 Å². The average molecular weight is 530 g/mol. The molecule has 0 radical (unpaired) electrons. The molecule has 0 unspecified atom stereocenters. The number of aromatic nitrogens is 3. The lowest BCUT2D eigenvalue weighted by atomic mass is 10.1. The van der Waals surface area contributed by atoms with E-state index in [2.05, 4.69) is 14.8 Å². The Balaban J connectivity index is 1.42. The number of carbonyl (C=O) groups excluding carboxylic acids is 1. The second kappa shape index (κ2) is 10.2. The van der Waals surface area contributed by atoms with Gasteiger partial charge in [-0.25, -0.2) is 19.3 Å². The van der Waals surface area contributed by atoms with Gasteiger partial charge in [0.05, 0.1) is 23.6 Å². The van der Waals surface area contributed by atoms with Crippen molar-refractivity contribution in [3.63, 3.8) is 0 Å². The van der Waals surface area contributed by atoms with Gasteiger partial charge in [0.2, 0.25) is 5.91 Å². The highest BCUT2D eigenvalue weighted by Crippen LogP contribution is 2.31. The van der Waals surface area contributed by atoms with Crippen LogP contribution in [0.5, 0.6) is 0 Å². The number of benzene rings is 1. The summed E-state index contributed by atoms with van der Waals surface area (Å²) in [4.78, 5) is 32.3. The maximum Gasteiger partial charge on any atom is 0.219 e. The Labute approximate surface area is 218 Å². The number of nitrogens with zero attached hydrogens (tertiary/aromatic N) is 6. The van der Waals surface area contributed by atoms with Crippen LogP contribution in [0.1, 0.15) is 23.9 Å². The predicted octanol–water partition coefficient (Wildman–Crippen LogP) is 3.79. The Bertz CT molecular complexity index is 1310. The number of amides is 1. The number of fused-ring (bicyclic) bond motifs is 1. The standard InChI is InChI=1S/C25H26Cl2FN7O/c1-15(36)35-7-6-20-22(14-35)30-23(21-5-4-19(28)24(29)31-21)25(32-20)34-10-8-33(9-11-34)13-16-12-17(26)2-3-18(16)27/h2-5,12H,6-11,13-14H2,1H3,(H2,29,31). The van der Waals surface area contributed by atoms with E-state index in [0.29, 0.717) is 53.3 Å². The summed E-state index contributed by atoms with van der Waals surface area (Å²) in [6.45, 7) is 6.25. The van der Waals surface area contributed by atoms with Crippen molar-refractivity contribution < 1.29 is 9.18 Å². The molecule has 2 aliphatic heterocycles. The first-order valence-corrected chi connectivity index (χ1v) is 12.5. The summed E-state index contributed by atoms with van der Waals surface area (Å²) in [7, 11) is 0. The lowest BCUT2D eigenvalue weighted by Crippen LogP contribution is -2.46. The van der Waals surface area contributed by atoms with Crippen molar-refractivity contribution in [2.24, 2.45) is 0 Å². The second-order valence-corrected chi connectivity index (χ2v) is 9.89. The minimum absolute atomic E-state index is 0.00634. The average Bonchev–Trinajstić information content (AvgIpc) is 2.87. The summed E-state index contributed by atoms with van der Waals surface area (Å²) in [6.07, 6.45) is 0.626. The number of piperazine rings is 1. The zero-order chi connectivity index (χ0) is 25.4. The first-order valence-electron chi connectivity index (χ1n) is 11.8. The number of halogens is 3. The number of rotatable bonds is 4. The van der Waals surface area contributed by atoms with Gasteiger partial charge in [0.25, 0.3) is 0 Å². The molecule has 2 aromatic heterocycles. The Morgan fingerprint density at radius 3 is 2.53 bits per heavy atom. The number of pyridine rings is 1. The first kappa shape index (κ1) is 24.7. The molecule has 11 heteroatoms. The number of anilines is 2. The molecule has 4 heterocycles. The number of nitrogen functional groups attached to an aromatic ring is 1. The quantitative estimate of drug-likeness (QED) is 0.549. The van der Waals surface area contributed by atoms with Crippen LogP contribution in [0.25, 0.3) is 11.4 Å². The summed E-state index contributed by atoms with van der Waals surface area (Å²) >= 11 is 12.5. The van der Waals surface area contributed by atoms with Gasteiger partial charge in [-0.15, -0.1) is 0 Å². The first-order chi connectivity index (χ1) is 17.3. The Morgan fingerprint density at radius 2 is 1.81 bits per heavy atom. The molecule has 0 saturated carbocycles. The van der Waals surface area contributed by atoms with Crippen LogP contribution in [0.4, 0.5) is 16.0 Å². The van der Waals surface area contributed by atoms with E-state index in [-0.39, 0.29) is 11.7 Å². The largest absolute Gasteiger partial charge is 0.381 e. The molecule has 1 amide bonds. The van der Waals surface area contributed by atoms with Crippen LogP contribution < -0.4 is 10.6 Å². The molecule has 1 saturated heterocycles. The Kier molecular flexibility index (Phi) is 6.96. The molecule has 3 aromatic rings. The van der Waals surface area contributed by atoms with Crippen LogP contribution in [-0.4, -0.2) is 63.4 Å². The maximum absolute atomic E-state index is 13.9. The monoisotopic (exact) mass is 529 g/mol. The van der Waals surface area contributed by atoms with Crippen molar-refractivity contribution in [1.29, 1.82) is 0 Å². The van der Waals surface area contributed by atoms with E-state index in [1.807, 2.05) is 12.1 Å². The summed E-state index contributed by atoms with van der Waals surface area (Å²) in [6, 6.07) is 8.36. The van der Waals surface area contributed by atoms with Crippen molar-refractivity contribution in [1.82, 2.24) is 24.8 Å². The highest BCUT2D eigenvalue weighted by molar-refractivity contribution is 6.33. The molecule has 36 heavy (non-hydrogen) atoms. The van der Waals surface area contributed by atoms with Gasteiger partial charge >= 0.3 is 0 Å². The third kappa shape index (κ3) is 5.09. The third-order valence-electron chi connectivity index (χ3n) is 6.63. The fraction of sp³-hybridized carbons (Fsp3) is 0.360. The zero-order valence-corrected chi connectivity index (χ0v) is 21.4. The van der Waals surface area contributed by atoms with Crippen molar-refractivity contribution in [3.8, 4) is 11.4 Å². The van der Waals surface area contributed by atoms with E-state index in [1.54, 1.807) is 24.0 Å². The molecule has 0 atom stereocenters. The van der Waals surface area contributed by atoms with Crippen LogP contribution >= 0.6 is 23.2 Å². The minimum Gasteiger partial charge on any atom is -0.381 e. The number of hydrogen-bond donors (Lipinski definition) is 1. The zero-order valence-electron chi connectivity index (χ0n) is 19.8. The fourth-order valence-corrected chi connectivity index (χ4v) is 4.97. The fourth-order valence-electron chi connectivity index (χ4n) is 4.60. The van der Waals surface area contributed by atoms with E-state index in [9.17, 15) is 9.18 Å². The molecule has 1 fully saturated rings. The van der Waals surface area contributed by atoms with Gasteiger partial charge in [-0.1, -0.05) is 23.2 Å². The Morgan fingerprint density at radius 1 is 1.03 bits per heavy atom. The van der Waals surface area contributed by atoms with E-state index < -0.39 is 5.82 Å². The van der Waals surface area contributed by atoms with Crippen LogP contribution in [0.3, 0.4) is 0 Å². The van der Waals surface area contributed by atoms with Gasteiger partial charge in [-0.05, 0) is 35.9 Å². The lowest BCUT2D eigenvalue weighted by molar-refractivity contribution is -0.129. The molecule has 0 aliphatic carbocycles. The number of nitrogens with two attached hydrogens (primary N) is 1. The Hall–Kier alpha value is -3.01. The van der Waals surface area contributed by atoms with Crippen molar-refractivity contribution >= 4 is 40.7 Å². The van der Waals surface area contributed by atoms with Gasteiger partial charge in [0.1, 0.15) is 5.69 Å². The molecular weight excluding hydrogens is 504 g/mol. The van der Waals surface area contributed by atoms with Crippen molar-refractivity contribution in [2.75, 3.05) is 43.4 Å². The second-order valence-electron chi connectivity index (χ2n) is 9.04. The van der Waals surface area contributed by atoms with E-state index in [0.717, 1.165) is 43.1 Å². The van der Waals surface area contributed by atoms with Crippen molar-refractivity contribution in [3.05, 3.63) is 63.1 Å². The molecule has 8 nitrogen and oxygen atoms in total. The van der Waals surface area contributed by atoms with Gasteiger partial charge in [0, 0.05) is 62.7 Å². The molecule has 1 aromatic carbocycles. The molecule has 5 rings (SSSR count). The highest BCUT2D eigenvalue weighted by atomic mass is 35.5. The van der Waals surface area contributed by atoms with E-state index in [1.165, 1.54) is 6.07 Å². The van der Waals surface area contributed by atoms with Gasteiger partial charge in [-0.2, -0.15) is 0 Å². The highest BCUT2D eigenvalue weighted by Gasteiger charge is 2.28. The topological polar surface area (TPSA) is 91.5 Å². The summed E-state index contributed by atoms with van der Waals surface area (Å²) in [5.74, 6) is -0.0778. The molecule has 0 bridgehead atoms. The van der Waals surface area contributed by atoms with Gasteiger partial charge in [0.15, 0.2) is 17.5 Å². The molecule has 2 N–H and O–H groups in total. The van der Waals surface area contributed by atoms with Crippen LogP contribution in [0.15, 0.2) is 30.3 Å². The summed E-state index contributed by atoms with van der Waals surface area (Å²) in [5, 5.41) is 1.36. The van der Waals surface area contributed by atoms with Gasteiger partial charge < -0.3 is 15.5 Å². The van der Waals surface area contributed by atoms with Crippen LogP contribution in [0, 0.1) is 5.82 Å². The van der Waals surface area contributed by atoms with Crippen LogP contribution in [-0.2, 0) is 24.3 Å². The minimum atomic E-state index is -0.581. The molecular formula is C25H26Cl2FN7O. The maximum atomic E-state index is 13.9. The van der Waals surface area contributed by atoms with Crippen LogP contribution in [0.2, 0.25) is 10.0 Å². The van der Waals surface area contributed by atoms with E-state index >= 15 is 0 Å². The number of hydrogen-bond acceptors (Lipinski definition) is 7. The molecule has 2 aliphatic rings. The predicted molar refractivity (Wildman–Crippen MR) is 138 cm³/mol. The SMILES string of the molecule is CC(=O)N1CCc2nc(N3CCN(Cc4cc(Cl)ccc4Cl)CC3)c(-c3ccc(F)c(N)n3)nc2C1. The summed E-state index contributed by atoms with van der Waals surface area (Å²) < 4.78 is 13.9. The summed E-state index contributed by atoms with van der Waals surface area (Å²) in [5.41, 5.74) is 9.36. The normalized spacial score (nSPS) is 16.2. The molecule has 188 valence electrons. The lowest BCUT2D eigenvalue weighted by Gasteiger charge is -2.37. The third-order valence-corrected chi connectivity index (χ3v) is 7.23. The number of carbonyl (C=O) groups is 1.